The second-order valence-corrected chi connectivity index (χ2v) is 3.38. The van der Waals surface area contributed by atoms with Crippen LogP contribution < -0.4 is 0 Å². The highest BCUT2D eigenvalue weighted by atomic mass is 16.1. The minimum atomic E-state index is 0.474. The minimum absolute atomic E-state index is 0.474. The number of carbonyl (C=O) groups is 1. The first-order chi connectivity index (χ1) is 6.63. The van der Waals surface area contributed by atoms with Crippen LogP contribution in [0.1, 0.15) is 29.8 Å². The summed E-state index contributed by atoms with van der Waals surface area (Å²) in [6.45, 7) is 3.91. The highest BCUT2D eigenvalue weighted by Gasteiger charge is 1.97. The molecule has 0 saturated carbocycles. The van der Waals surface area contributed by atoms with Crippen LogP contribution in [-0.2, 0) is 0 Å². The predicted octanol–water partition coefficient (Wildman–Crippen LogP) is 2.83. The van der Waals surface area contributed by atoms with Crippen LogP contribution in [0.2, 0.25) is 0 Å². The predicted molar refractivity (Wildman–Crippen MR) is 58.1 cm³/mol. The fourth-order valence-electron chi connectivity index (χ4n) is 1.11. The van der Waals surface area contributed by atoms with E-state index >= 15 is 0 Å². The van der Waals surface area contributed by atoms with Crippen LogP contribution in [0, 0.1) is 5.41 Å². The molecule has 0 atom stereocenters. The Morgan fingerprint density at radius 2 is 1.79 bits per heavy atom. The van der Waals surface area contributed by atoms with Crippen molar-refractivity contribution in [1.29, 1.82) is 5.41 Å². The van der Waals surface area contributed by atoms with Crippen molar-refractivity contribution in [1.82, 2.24) is 0 Å². The van der Waals surface area contributed by atoms with Gasteiger partial charge in [-0.25, -0.2) is 0 Å². The molecule has 72 valence electrons. The van der Waals surface area contributed by atoms with Crippen LogP contribution in [0.3, 0.4) is 0 Å². The molecular weight excluding hydrogens is 174 g/mol. The summed E-state index contributed by atoms with van der Waals surface area (Å²) >= 11 is 0. The lowest BCUT2D eigenvalue weighted by Crippen LogP contribution is -1.95. The standard InChI is InChI=1S/C12H13NO/c1-9(2)7-12(13)11-5-3-10(8-14)4-6-11/h3-8,13H,1-2H3. The maximum absolute atomic E-state index is 10.4. The van der Waals surface area contributed by atoms with Gasteiger partial charge in [0.25, 0.3) is 0 Å². The molecule has 0 aliphatic rings. The molecule has 0 unspecified atom stereocenters. The highest BCUT2D eigenvalue weighted by molar-refractivity contribution is 6.07. The van der Waals surface area contributed by atoms with Gasteiger partial charge in [0.1, 0.15) is 6.29 Å². The fraction of sp³-hybridized carbons (Fsp3) is 0.167. The maximum atomic E-state index is 10.4. The van der Waals surface area contributed by atoms with Gasteiger partial charge in [0.05, 0.1) is 5.71 Å². The summed E-state index contributed by atoms with van der Waals surface area (Å²) in [7, 11) is 0. The lowest BCUT2D eigenvalue weighted by molar-refractivity contribution is 0.112. The van der Waals surface area contributed by atoms with Crippen LogP contribution in [0.5, 0.6) is 0 Å². The largest absolute Gasteiger partial charge is 0.300 e. The summed E-state index contributed by atoms with van der Waals surface area (Å²) in [6.07, 6.45) is 2.60. The first-order valence-electron chi connectivity index (χ1n) is 4.42. The molecular formula is C12H13NO. The Hall–Kier alpha value is -1.70. The lowest BCUT2D eigenvalue weighted by Gasteiger charge is -1.99. The summed E-state index contributed by atoms with van der Waals surface area (Å²) in [5.41, 5.74) is 3.03. The second-order valence-electron chi connectivity index (χ2n) is 3.38. The summed E-state index contributed by atoms with van der Waals surface area (Å²) in [4.78, 5) is 10.4. The number of benzene rings is 1. The van der Waals surface area contributed by atoms with Gasteiger partial charge in [0.2, 0.25) is 0 Å². The highest BCUT2D eigenvalue weighted by Crippen LogP contribution is 2.05. The molecule has 0 aliphatic heterocycles. The minimum Gasteiger partial charge on any atom is -0.300 e. The van der Waals surface area contributed by atoms with E-state index in [9.17, 15) is 4.79 Å². The van der Waals surface area contributed by atoms with Crippen molar-refractivity contribution in [3.05, 3.63) is 47.0 Å². The lowest BCUT2D eigenvalue weighted by atomic mass is 10.1. The van der Waals surface area contributed by atoms with Crippen molar-refractivity contribution < 1.29 is 4.79 Å². The van der Waals surface area contributed by atoms with Crippen molar-refractivity contribution >= 4 is 12.0 Å². The normalized spacial score (nSPS) is 9.29. The van der Waals surface area contributed by atoms with Gasteiger partial charge in [-0.15, -0.1) is 0 Å². The van der Waals surface area contributed by atoms with E-state index < -0.39 is 0 Å². The number of hydrogen-bond donors (Lipinski definition) is 1. The van der Waals surface area contributed by atoms with Gasteiger partial charge in [-0.3, -0.25) is 4.79 Å². The van der Waals surface area contributed by atoms with E-state index in [0.29, 0.717) is 11.3 Å². The van der Waals surface area contributed by atoms with E-state index in [2.05, 4.69) is 0 Å². The van der Waals surface area contributed by atoms with Gasteiger partial charge < -0.3 is 5.41 Å². The zero-order valence-corrected chi connectivity index (χ0v) is 8.37. The number of nitrogens with one attached hydrogen (secondary N) is 1. The number of hydrogen-bond acceptors (Lipinski definition) is 2. The Balaban J connectivity index is 2.92. The van der Waals surface area contributed by atoms with Crippen LogP contribution in [-0.4, -0.2) is 12.0 Å². The third-order valence-electron chi connectivity index (χ3n) is 1.79. The molecule has 0 heterocycles. The van der Waals surface area contributed by atoms with E-state index in [1.54, 1.807) is 30.3 Å². The van der Waals surface area contributed by atoms with E-state index in [1.165, 1.54) is 0 Å². The summed E-state index contributed by atoms with van der Waals surface area (Å²) in [5.74, 6) is 0. The van der Waals surface area contributed by atoms with E-state index in [0.717, 1.165) is 17.4 Å². The Labute approximate surface area is 83.8 Å². The number of aldehydes is 1. The van der Waals surface area contributed by atoms with Crippen LogP contribution in [0.15, 0.2) is 35.9 Å². The van der Waals surface area contributed by atoms with Gasteiger partial charge in [-0.05, 0) is 25.5 Å². The van der Waals surface area contributed by atoms with Crippen molar-refractivity contribution in [2.24, 2.45) is 0 Å². The smallest absolute Gasteiger partial charge is 0.150 e. The molecule has 0 aromatic heterocycles. The first-order valence-corrected chi connectivity index (χ1v) is 4.42. The quantitative estimate of drug-likeness (QED) is 0.573. The summed E-state index contributed by atoms with van der Waals surface area (Å²) < 4.78 is 0. The summed E-state index contributed by atoms with van der Waals surface area (Å²) in [6, 6.07) is 7.00. The molecule has 2 nitrogen and oxygen atoms in total. The molecule has 1 N–H and O–H groups in total. The van der Waals surface area contributed by atoms with E-state index in [-0.39, 0.29) is 0 Å². The molecule has 0 amide bonds. The van der Waals surface area contributed by atoms with Crippen LogP contribution >= 0.6 is 0 Å². The van der Waals surface area contributed by atoms with Gasteiger partial charge in [0.15, 0.2) is 0 Å². The Morgan fingerprint density at radius 1 is 1.21 bits per heavy atom. The fourth-order valence-corrected chi connectivity index (χ4v) is 1.11. The van der Waals surface area contributed by atoms with Crippen molar-refractivity contribution in [3.63, 3.8) is 0 Å². The van der Waals surface area contributed by atoms with Crippen molar-refractivity contribution in [2.45, 2.75) is 13.8 Å². The Morgan fingerprint density at radius 3 is 2.21 bits per heavy atom. The molecule has 2 heteroatoms. The topological polar surface area (TPSA) is 40.9 Å². The molecule has 1 rings (SSSR count). The van der Waals surface area contributed by atoms with E-state index in [4.69, 9.17) is 5.41 Å². The van der Waals surface area contributed by atoms with Crippen molar-refractivity contribution in [2.75, 3.05) is 0 Å². The molecule has 0 aliphatic carbocycles. The summed E-state index contributed by atoms with van der Waals surface area (Å²) in [5, 5.41) is 7.72. The molecule has 1 aromatic carbocycles. The number of allylic oxidation sites excluding steroid dienone is 2. The van der Waals surface area contributed by atoms with Crippen molar-refractivity contribution in [3.8, 4) is 0 Å². The molecule has 14 heavy (non-hydrogen) atoms. The molecule has 0 saturated heterocycles. The zero-order chi connectivity index (χ0) is 10.6. The van der Waals surface area contributed by atoms with Gasteiger partial charge >= 0.3 is 0 Å². The van der Waals surface area contributed by atoms with Crippen LogP contribution in [0.25, 0.3) is 0 Å². The Kier molecular flexibility index (Phi) is 3.35. The average molecular weight is 187 g/mol. The molecule has 0 radical (unpaired) electrons. The van der Waals surface area contributed by atoms with Crippen LogP contribution in [0.4, 0.5) is 0 Å². The monoisotopic (exact) mass is 187 g/mol. The maximum Gasteiger partial charge on any atom is 0.150 e. The molecule has 0 fully saturated rings. The Bertz CT molecular complexity index is 370. The molecule has 1 aromatic rings. The number of carbonyl (C=O) groups excluding carboxylic acids is 1. The third kappa shape index (κ3) is 2.66. The average Bonchev–Trinajstić information content (AvgIpc) is 2.17. The zero-order valence-electron chi connectivity index (χ0n) is 8.37. The molecule has 0 spiro atoms. The van der Waals surface area contributed by atoms with Gasteiger partial charge in [0, 0.05) is 5.56 Å². The first kappa shape index (κ1) is 10.4. The second kappa shape index (κ2) is 4.51. The third-order valence-corrected chi connectivity index (χ3v) is 1.79. The SMILES string of the molecule is CC(C)=CC(=N)c1ccc(C=O)cc1. The van der Waals surface area contributed by atoms with Gasteiger partial charge in [-0.2, -0.15) is 0 Å². The van der Waals surface area contributed by atoms with E-state index in [1.807, 2.05) is 13.8 Å². The van der Waals surface area contributed by atoms with Gasteiger partial charge in [-0.1, -0.05) is 29.8 Å². The number of rotatable bonds is 3. The molecule has 0 bridgehead atoms.